The van der Waals surface area contributed by atoms with E-state index in [2.05, 4.69) is 26.2 Å². The summed E-state index contributed by atoms with van der Waals surface area (Å²) >= 11 is 3.83. The molecular formula is C11H7BrF2N2O2S. The minimum atomic E-state index is -1.09. The van der Waals surface area contributed by atoms with Crippen molar-refractivity contribution in [2.75, 3.05) is 5.32 Å². The van der Waals surface area contributed by atoms with Gasteiger partial charge in [-0.25, -0.2) is 18.6 Å². The Morgan fingerprint density at radius 3 is 2.68 bits per heavy atom. The number of carboxylic acid groups (broad SMARTS) is 1. The number of nitrogens with zero attached hydrogens (tertiary/aromatic N) is 1. The van der Waals surface area contributed by atoms with Crippen molar-refractivity contribution < 1.29 is 18.7 Å². The van der Waals surface area contributed by atoms with E-state index in [-0.39, 0.29) is 20.2 Å². The summed E-state index contributed by atoms with van der Waals surface area (Å²) in [6.07, 6.45) is 0. The first-order chi connectivity index (χ1) is 8.88. The summed E-state index contributed by atoms with van der Waals surface area (Å²) in [6, 6.07) is 1.95. The Labute approximate surface area is 119 Å². The Morgan fingerprint density at radius 2 is 2.11 bits per heavy atom. The summed E-state index contributed by atoms with van der Waals surface area (Å²) in [7, 11) is 0. The molecule has 0 radical (unpaired) electrons. The number of aryl methyl sites for hydroxylation is 1. The number of nitrogens with one attached hydrogen (secondary N) is 1. The van der Waals surface area contributed by atoms with Gasteiger partial charge in [-0.05, 0) is 28.9 Å². The number of aromatic carboxylic acids is 1. The number of carbonyl (C=O) groups is 1. The number of carboxylic acids is 1. The van der Waals surface area contributed by atoms with Gasteiger partial charge in [0, 0.05) is 6.07 Å². The third-order valence-corrected chi connectivity index (χ3v) is 3.91. The van der Waals surface area contributed by atoms with Gasteiger partial charge in [0.1, 0.15) is 16.5 Å². The zero-order chi connectivity index (χ0) is 14.2. The average molecular weight is 349 g/mol. The van der Waals surface area contributed by atoms with E-state index in [1.54, 1.807) is 6.92 Å². The number of hydrogen-bond acceptors (Lipinski definition) is 4. The van der Waals surface area contributed by atoms with Gasteiger partial charge in [-0.1, -0.05) is 11.3 Å². The highest BCUT2D eigenvalue weighted by molar-refractivity contribution is 9.10. The molecule has 2 aromatic rings. The van der Waals surface area contributed by atoms with Gasteiger partial charge >= 0.3 is 5.97 Å². The number of halogens is 3. The lowest BCUT2D eigenvalue weighted by Gasteiger charge is -2.05. The monoisotopic (exact) mass is 348 g/mol. The second-order valence-corrected chi connectivity index (χ2v) is 5.46. The number of hydrogen-bond donors (Lipinski definition) is 2. The molecule has 19 heavy (non-hydrogen) atoms. The van der Waals surface area contributed by atoms with Gasteiger partial charge in [-0.3, -0.25) is 0 Å². The molecule has 0 aliphatic heterocycles. The summed E-state index contributed by atoms with van der Waals surface area (Å²) in [5.74, 6) is -2.60. The molecule has 0 bridgehead atoms. The number of benzene rings is 1. The Bertz CT molecular complexity index is 660. The SMILES string of the molecule is Cc1nc(Nc2cc(Br)c(F)cc2F)sc1C(=O)O. The summed E-state index contributed by atoms with van der Waals surface area (Å²) in [5.41, 5.74) is 0.348. The number of aromatic nitrogens is 1. The Kier molecular flexibility index (Phi) is 3.81. The average Bonchev–Trinajstić information content (AvgIpc) is 2.67. The zero-order valence-corrected chi connectivity index (χ0v) is 11.9. The third-order valence-electron chi connectivity index (χ3n) is 2.24. The largest absolute Gasteiger partial charge is 0.477 e. The van der Waals surface area contributed by atoms with E-state index < -0.39 is 17.6 Å². The van der Waals surface area contributed by atoms with Crippen LogP contribution in [0, 0.1) is 18.6 Å². The van der Waals surface area contributed by atoms with Crippen LogP contribution in [0.5, 0.6) is 0 Å². The highest BCUT2D eigenvalue weighted by Crippen LogP contribution is 2.29. The molecule has 1 aromatic heterocycles. The molecule has 0 aliphatic rings. The van der Waals surface area contributed by atoms with Crippen LogP contribution < -0.4 is 5.32 Å². The molecule has 1 aromatic carbocycles. The summed E-state index contributed by atoms with van der Waals surface area (Å²) < 4.78 is 26.7. The molecule has 0 aliphatic carbocycles. The molecule has 0 saturated carbocycles. The van der Waals surface area contributed by atoms with Gasteiger partial charge in [0.15, 0.2) is 5.13 Å². The molecule has 1 heterocycles. The van der Waals surface area contributed by atoms with Crippen LogP contribution >= 0.6 is 27.3 Å². The fourth-order valence-corrected chi connectivity index (χ4v) is 2.54. The molecule has 0 amide bonds. The zero-order valence-electron chi connectivity index (χ0n) is 9.50. The van der Waals surface area contributed by atoms with E-state index >= 15 is 0 Å². The molecule has 0 saturated heterocycles. The van der Waals surface area contributed by atoms with E-state index in [0.29, 0.717) is 5.69 Å². The van der Waals surface area contributed by atoms with Crippen molar-refractivity contribution >= 4 is 44.1 Å². The van der Waals surface area contributed by atoms with E-state index in [0.717, 1.165) is 17.4 Å². The predicted octanol–water partition coefficient (Wildman–Crippen LogP) is 3.93. The highest BCUT2D eigenvalue weighted by Gasteiger charge is 2.15. The number of anilines is 2. The van der Waals surface area contributed by atoms with Crippen molar-refractivity contribution in [2.24, 2.45) is 0 Å². The van der Waals surface area contributed by atoms with Crippen molar-refractivity contribution in [3.05, 3.63) is 38.8 Å². The molecule has 0 spiro atoms. The van der Waals surface area contributed by atoms with Gasteiger partial charge in [0.05, 0.1) is 15.9 Å². The van der Waals surface area contributed by atoms with Crippen LogP contribution in [-0.2, 0) is 0 Å². The molecule has 0 unspecified atom stereocenters. The van der Waals surface area contributed by atoms with E-state index in [9.17, 15) is 13.6 Å². The van der Waals surface area contributed by atoms with Crippen LogP contribution in [0.15, 0.2) is 16.6 Å². The van der Waals surface area contributed by atoms with Crippen molar-refractivity contribution in [1.29, 1.82) is 0 Å². The molecular weight excluding hydrogens is 342 g/mol. The quantitative estimate of drug-likeness (QED) is 0.825. The molecule has 2 N–H and O–H groups in total. The number of thiazole rings is 1. The minimum absolute atomic E-state index is 0.0129. The van der Waals surface area contributed by atoms with Crippen molar-refractivity contribution in [2.45, 2.75) is 6.92 Å². The Hall–Kier alpha value is -1.54. The van der Waals surface area contributed by atoms with Crippen LogP contribution in [0.3, 0.4) is 0 Å². The second kappa shape index (κ2) is 5.22. The van der Waals surface area contributed by atoms with Gasteiger partial charge in [0.25, 0.3) is 0 Å². The van der Waals surface area contributed by atoms with Gasteiger partial charge in [0.2, 0.25) is 0 Å². The molecule has 0 atom stereocenters. The van der Waals surface area contributed by atoms with Gasteiger partial charge in [-0.2, -0.15) is 0 Å². The maximum atomic E-state index is 13.5. The normalized spacial score (nSPS) is 10.5. The highest BCUT2D eigenvalue weighted by atomic mass is 79.9. The molecule has 100 valence electrons. The summed E-state index contributed by atoms with van der Waals surface area (Å²) in [5, 5.41) is 11.7. The van der Waals surface area contributed by atoms with Crippen molar-refractivity contribution in [3.63, 3.8) is 0 Å². The predicted molar refractivity (Wildman–Crippen MR) is 71.2 cm³/mol. The summed E-state index contributed by atoms with van der Waals surface area (Å²) in [4.78, 5) is 14.9. The Balaban J connectivity index is 2.34. The third kappa shape index (κ3) is 2.90. The van der Waals surface area contributed by atoms with E-state index in [1.807, 2.05) is 0 Å². The lowest BCUT2D eigenvalue weighted by atomic mass is 10.3. The van der Waals surface area contributed by atoms with Crippen LogP contribution in [0.1, 0.15) is 15.4 Å². The molecule has 2 rings (SSSR count). The lowest BCUT2D eigenvalue weighted by molar-refractivity contribution is 0.0701. The van der Waals surface area contributed by atoms with Crippen molar-refractivity contribution in [3.8, 4) is 0 Å². The topological polar surface area (TPSA) is 62.2 Å². The first-order valence-electron chi connectivity index (χ1n) is 5.00. The van der Waals surface area contributed by atoms with Gasteiger partial charge in [-0.15, -0.1) is 0 Å². The van der Waals surface area contributed by atoms with E-state index in [4.69, 9.17) is 5.11 Å². The van der Waals surface area contributed by atoms with Crippen LogP contribution in [0.4, 0.5) is 19.6 Å². The fourth-order valence-electron chi connectivity index (χ4n) is 1.38. The van der Waals surface area contributed by atoms with Crippen LogP contribution in [-0.4, -0.2) is 16.1 Å². The maximum Gasteiger partial charge on any atom is 0.347 e. The minimum Gasteiger partial charge on any atom is -0.477 e. The van der Waals surface area contributed by atoms with Crippen LogP contribution in [0.2, 0.25) is 0 Å². The van der Waals surface area contributed by atoms with Crippen molar-refractivity contribution in [1.82, 2.24) is 4.98 Å². The second-order valence-electron chi connectivity index (χ2n) is 3.61. The maximum absolute atomic E-state index is 13.5. The Morgan fingerprint density at radius 1 is 1.42 bits per heavy atom. The first kappa shape index (κ1) is 13.9. The molecule has 4 nitrogen and oxygen atoms in total. The molecule has 0 fully saturated rings. The standard InChI is InChI=1S/C11H7BrF2N2O2S/c1-4-9(10(17)18)19-11(15-4)16-8-2-5(12)6(13)3-7(8)14/h2-3H,1H3,(H,15,16)(H,17,18). The number of rotatable bonds is 3. The van der Waals surface area contributed by atoms with Crippen LogP contribution in [0.25, 0.3) is 0 Å². The smallest absolute Gasteiger partial charge is 0.347 e. The first-order valence-corrected chi connectivity index (χ1v) is 6.61. The fraction of sp³-hybridized carbons (Fsp3) is 0.0909. The van der Waals surface area contributed by atoms with E-state index in [1.165, 1.54) is 6.07 Å². The lowest BCUT2D eigenvalue weighted by Crippen LogP contribution is -1.95. The molecule has 8 heteroatoms. The summed E-state index contributed by atoms with van der Waals surface area (Å²) in [6.45, 7) is 1.54. The van der Waals surface area contributed by atoms with Gasteiger partial charge < -0.3 is 10.4 Å².